The van der Waals surface area contributed by atoms with Crippen LogP contribution in [0, 0.1) is 0 Å². The fraction of sp³-hybridized carbons (Fsp3) is 0.824. The highest BCUT2D eigenvalue weighted by molar-refractivity contribution is 7.53. The number of unbranched alkanes of at least 4 members (excludes halogenated alkanes) is 6. The fourth-order valence-corrected chi connectivity index (χ4v) is 3.98. The van der Waals surface area contributed by atoms with Crippen molar-refractivity contribution in [2.24, 2.45) is 0 Å². The highest BCUT2D eigenvalue weighted by Gasteiger charge is 2.38. The van der Waals surface area contributed by atoms with E-state index in [9.17, 15) is 28.2 Å². The molecule has 1 fully saturated rings. The van der Waals surface area contributed by atoms with Crippen LogP contribution in [0.2, 0.25) is 0 Å². The van der Waals surface area contributed by atoms with Crippen molar-refractivity contribution in [1.29, 1.82) is 0 Å². The number of imide groups is 1. The molecule has 11 heteroatoms. The number of hydroxylamine groups is 2. The van der Waals surface area contributed by atoms with Crippen molar-refractivity contribution in [2.45, 2.75) is 77.0 Å². The Bertz CT molecular complexity index is 557. The molecule has 0 bridgehead atoms. The molecule has 0 aromatic rings. The van der Waals surface area contributed by atoms with Crippen LogP contribution in [0.1, 0.15) is 71.1 Å². The van der Waals surface area contributed by atoms with E-state index in [1.165, 1.54) is 6.92 Å². The summed E-state index contributed by atoms with van der Waals surface area (Å²) in [5.41, 5.74) is 0. The second-order valence-electron chi connectivity index (χ2n) is 6.43. The molecule has 1 rings (SSSR count). The third-order valence-electron chi connectivity index (χ3n) is 4.17. The van der Waals surface area contributed by atoms with Gasteiger partial charge in [-0.15, -0.1) is 0 Å². The van der Waals surface area contributed by atoms with Crippen LogP contribution >= 0.6 is 7.60 Å². The van der Waals surface area contributed by atoms with Gasteiger partial charge in [-0.1, -0.05) is 37.2 Å². The van der Waals surface area contributed by atoms with Gasteiger partial charge in [-0.25, -0.2) is 4.79 Å². The zero-order valence-electron chi connectivity index (χ0n) is 16.1. The lowest BCUT2D eigenvalue weighted by molar-refractivity contribution is -0.177. The maximum Gasteiger partial charge on any atom is 0.534 e. The summed E-state index contributed by atoms with van der Waals surface area (Å²) in [5.74, 6) is -2.81. The molecule has 0 radical (unpaired) electrons. The lowest BCUT2D eigenvalue weighted by Gasteiger charge is -2.22. The van der Waals surface area contributed by atoms with Gasteiger partial charge in [0.15, 0.2) is 0 Å². The second kappa shape index (κ2) is 12.9. The van der Waals surface area contributed by atoms with Crippen LogP contribution in [0.25, 0.3) is 0 Å². The summed E-state index contributed by atoms with van der Waals surface area (Å²) in [6, 6.07) is 0. The van der Waals surface area contributed by atoms with Gasteiger partial charge in [0.2, 0.25) is 5.85 Å². The van der Waals surface area contributed by atoms with Crippen LogP contribution in [0.3, 0.4) is 0 Å². The number of carbonyl (C=O) groups excluding carboxylic acids is 3. The molecule has 0 aromatic carbocycles. The molecule has 9 nitrogen and oxygen atoms in total. The van der Waals surface area contributed by atoms with Crippen molar-refractivity contribution < 1.29 is 42.3 Å². The molecule has 2 amide bonds. The minimum absolute atomic E-state index is 0.0552. The molecule has 28 heavy (non-hydrogen) atoms. The number of hydrogen-bond donors (Lipinski definition) is 1. The molecule has 0 saturated carbocycles. The second-order valence-corrected chi connectivity index (χ2v) is 8.39. The number of amides is 2. The number of ether oxygens (including phenoxy) is 1. The van der Waals surface area contributed by atoms with Crippen LogP contribution in [0.15, 0.2) is 0 Å². The van der Waals surface area contributed by atoms with Crippen molar-refractivity contribution >= 4 is 25.6 Å². The smallest absolute Gasteiger partial charge is 0.416 e. The summed E-state index contributed by atoms with van der Waals surface area (Å²) in [4.78, 5) is 49.4. The highest BCUT2D eigenvalue weighted by atomic mass is 31.2. The molecular weight excluding hydrogens is 396 g/mol. The Balaban J connectivity index is 2.48. The van der Waals surface area contributed by atoms with Gasteiger partial charge in [-0.05, 0) is 26.2 Å². The summed E-state index contributed by atoms with van der Waals surface area (Å²) in [6.45, 7) is 1.16. The minimum Gasteiger partial charge on any atom is -0.416 e. The maximum atomic E-state index is 12.3. The molecule has 2 atom stereocenters. The number of rotatable bonds is 14. The Morgan fingerprint density at radius 2 is 1.64 bits per heavy atom. The van der Waals surface area contributed by atoms with Crippen LogP contribution < -0.4 is 0 Å². The van der Waals surface area contributed by atoms with E-state index < -0.39 is 31.4 Å². The van der Waals surface area contributed by atoms with Crippen LogP contribution in [0.4, 0.5) is 9.18 Å². The maximum absolute atomic E-state index is 12.3. The molecule has 0 spiro atoms. The Hall–Kier alpha value is -1.51. The Morgan fingerprint density at radius 3 is 2.18 bits per heavy atom. The van der Waals surface area contributed by atoms with Crippen molar-refractivity contribution in [3.05, 3.63) is 0 Å². The Kier molecular flexibility index (Phi) is 11.3. The van der Waals surface area contributed by atoms with Gasteiger partial charge < -0.3 is 14.2 Å². The number of carbonyl (C=O) groups is 3. The quantitative estimate of drug-likeness (QED) is 0.193. The topological polar surface area (TPSA) is 119 Å². The third-order valence-corrected chi connectivity index (χ3v) is 5.89. The highest BCUT2D eigenvalue weighted by Crippen LogP contribution is 2.50. The van der Waals surface area contributed by atoms with Crippen molar-refractivity contribution in [3.8, 4) is 0 Å². The SMILES string of the molecule is CCOP(=O)(O)C(CCCCCCCCCF)OC(=O)ON1C(=O)CCC1=O. The number of nitrogens with zero attached hydrogens (tertiary/aromatic N) is 1. The van der Waals surface area contributed by atoms with Crippen LogP contribution in [0.5, 0.6) is 0 Å². The number of hydrogen-bond acceptors (Lipinski definition) is 7. The van der Waals surface area contributed by atoms with Crippen LogP contribution in [-0.4, -0.2) is 47.1 Å². The van der Waals surface area contributed by atoms with Gasteiger partial charge in [0.25, 0.3) is 11.8 Å². The zero-order valence-corrected chi connectivity index (χ0v) is 17.0. The van der Waals surface area contributed by atoms with Crippen molar-refractivity contribution in [3.63, 3.8) is 0 Å². The van der Waals surface area contributed by atoms with E-state index in [4.69, 9.17) is 9.26 Å². The first-order valence-electron chi connectivity index (χ1n) is 9.59. The molecule has 0 aliphatic carbocycles. The van der Waals surface area contributed by atoms with E-state index in [-0.39, 0.29) is 32.5 Å². The first-order valence-corrected chi connectivity index (χ1v) is 11.2. The number of halogens is 1. The molecule has 1 saturated heterocycles. The molecular formula is C17H29FNO8P. The summed E-state index contributed by atoms with van der Waals surface area (Å²) in [6.07, 6.45) is 3.85. The minimum atomic E-state index is -4.26. The molecule has 1 aliphatic rings. The lowest BCUT2D eigenvalue weighted by Crippen LogP contribution is -2.33. The van der Waals surface area contributed by atoms with Gasteiger partial charge in [0.05, 0.1) is 13.3 Å². The van der Waals surface area contributed by atoms with Gasteiger partial charge in [-0.2, -0.15) is 0 Å². The molecule has 1 N–H and O–H groups in total. The first kappa shape index (κ1) is 24.5. The molecule has 162 valence electrons. The van der Waals surface area contributed by atoms with Gasteiger partial charge in [-0.3, -0.25) is 23.4 Å². The zero-order chi connectivity index (χ0) is 21.0. The Morgan fingerprint density at radius 1 is 1.11 bits per heavy atom. The monoisotopic (exact) mass is 425 g/mol. The van der Waals surface area contributed by atoms with E-state index in [1.807, 2.05) is 0 Å². The third kappa shape index (κ3) is 8.67. The predicted octanol–water partition coefficient (Wildman–Crippen LogP) is 3.84. The predicted molar refractivity (Wildman–Crippen MR) is 96.8 cm³/mol. The van der Waals surface area contributed by atoms with E-state index in [0.29, 0.717) is 17.9 Å². The number of alkyl halides is 1. The van der Waals surface area contributed by atoms with Gasteiger partial charge >= 0.3 is 13.8 Å². The van der Waals surface area contributed by atoms with E-state index in [0.717, 1.165) is 32.1 Å². The lowest BCUT2D eigenvalue weighted by atomic mass is 10.1. The average molecular weight is 425 g/mol. The first-order chi connectivity index (χ1) is 13.3. The van der Waals surface area contributed by atoms with Gasteiger partial charge in [0, 0.05) is 12.8 Å². The molecule has 1 aliphatic heterocycles. The van der Waals surface area contributed by atoms with Gasteiger partial charge in [0.1, 0.15) is 0 Å². The van der Waals surface area contributed by atoms with E-state index >= 15 is 0 Å². The summed E-state index contributed by atoms with van der Waals surface area (Å²) < 4.78 is 34.0. The summed E-state index contributed by atoms with van der Waals surface area (Å²) >= 11 is 0. The molecule has 0 aromatic heterocycles. The summed E-state index contributed by atoms with van der Waals surface area (Å²) in [5, 5.41) is 0.305. The van der Waals surface area contributed by atoms with Crippen LogP contribution in [-0.2, 0) is 28.3 Å². The largest absolute Gasteiger partial charge is 0.534 e. The fourth-order valence-electron chi connectivity index (χ4n) is 2.72. The standard InChI is InChI=1S/C17H29FNO8P/c1-2-25-28(23,24)16(10-8-6-4-3-5-7-9-13-18)26-17(22)27-19-14(20)11-12-15(19)21/h16H,2-13H2,1H3,(H,23,24). The summed E-state index contributed by atoms with van der Waals surface area (Å²) in [7, 11) is -4.26. The van der Waals surface area contributed by atoms with Crippen molar-refractivity contribution in [2.75, 3.05) is 13.3 Å². The van der Waals surface area contributed by atoms with Crippen molar-refractivity contribution in [1.82, 2.24) is 5.06 Å². The molecule has 2 unspecified atom stereocenters. The molecule has 1 heterocycles. The Labute approximate surface area is 164 Å². The average Bonchev–Trinajstić information content (AvgIpc) is 2.94. The van der Waals surface area contributed by atoms with E-state index in [2.05, 4.69) is 4.84 Å². The van der Waals surface area contributed by atoms with E-state index in [1.54, 1.807) is 0 Å². The normalized spacial score (nSPS) is 17.5.